The van der Waals surface area contributed by atoms with Gasteiger partial charge in [-0.3, -0.25) is 0 Å². The predicted molar refractivity (Wildman–Crippen MR) is 101 cm³/mol. The van der Waals surface area contributed by atoms with Crippen molar-refractivity contribution in [2.45, 2.75) is 45.8 Å². The molecule has 2 amide bonds. The second-order valence-electron chi connectivity index (χ2n) is 7.27. The van der Waals surface area contributed by atoms with Crippen molar-refractivity contribution in [3.63, 3.8) is 0 Å². The number of carbonyl (C=O) groups is 1. The summed E-state index contributed by atoms with van der Waals surface area (Å²) in [5.41, 5.74) is 1.14. The number of aromatic nitrogens is 2. The Morgan fingerprint density at radius 3 is 2.96 bits per heavy atom. The SMILES string of the molecule is CC(C)CNC(=O)N1CCCC1c1nc(CCOCc2ccccc2)no1. The van der Waals surface area contributed by atoms with E-state index in [9.17, 15) is 4.79 Å². The summed E-state index contributed by atoms with van der Waals surface area (Å²) in [6.45, 7) is 6.62. The fourth-order valence-electron chi connectivity index (χ4n) is 3.09. The maximum atomic E-state index is 12.4. The number of amides is 2. The zero-order chi connectivity index (χ0) is 19.1. The standard InChI is InChI=1S/C20H28N4O3/c1-15(2)13-21-20(25)24-11-6-9-17(24)19-22-18(23-27-19)10-12-26-14-16-7-4-3-5-8-16/h3-5,7-8,15,17H,6,9-14H2,1-2H3,(H,21,25). The molecule has 1 unspecified atom stereocenters. The monoisotopic (exact) mass is 372 g/mol. The van der Waals surface area contributed by atoms with Gasteiger partial charge in [-0.2, -0.15) is 4.98 Å². The topological polar surface area (TPSA) is 80.5 Å². The van der Waals surface area contributed by atoms with Crippen LogP contribution < -0.4 is 5.32 Å². The van der Waals surface area contributed by atoms with Crippen LogP contribution in [0.15, 0.2) is 34.9 Å². The van der Waals surface area contributed by atoms with Gasteiger partial charge < -0.3 is 19.5 Å². The summed E-state index contributed by atoms with van der Waals surface area (Å²) in [6.07, 6.45) is 2.38. The molecule has 0 bridgehead atoms. The van der Waals surface area contributed by atoms with E-state index in [0.29, 0.717) is 50.4 Å². The first-order valence-electron chi connectivity index (χ1n) is 9.62. The molecule has 1 fully saturated rings. The minimum atomic E-state index is -0.136. The fraction of sp³-hybridized carbons (Fsp3) is 0.550. The molecule has 2 aromatic rings. The summed E-state index contributed by atoms with van der Waals surface area (Å²) in [7, 11) is 0. The first-order chi connectivity index (χ1) is 13.1. The molecule has 27 heavy (non-hydrogen) atoms. The van der Waals surface area contributed by atoms with Crippen LogP contribution in [0.3, 0.4) is 0 Å². The Kier molecular flexibility index (Phi) is 6.81. The Bertz CT molecular complexity index is 717. The lowest BCUT2D eigenvalue weighted by Crippen LogP contribution is -2.41. The summed E-state index contributed by atoms with van der Waals surface area (Å²) in [4.78, 5) is 18.7. The van der Waals surface area contributed by atoms with Crippen LogP contribution in [-0.4, -0.2) is 40.8 Å². The minimum absolute atomic E-state index is 0.0582. The smallest absolute Gasteiger partial charge is 0.318 e. The number of urea groups is 1. The number of likely N-dealkylation sites (tertiary alicyclic amines) is 1. The van der Waals surface area contributed by atoms with Gasteiger partial charge in [-0.25, -0.2) is 4.79 Å². The van der Waals surface area contributed by atoms with E-state index in [0.717, 1.165) is 18.4 Å². The van der Waals surface area contributed by atoms with Crippen LogP contribution in [0.2, 0.25) is 0 Å². The third-order valence-corrected chi connectivity index (χ3v) is 4.53. The number of benzene rings is 1. The lowest BCUT2D eigenvalue weighted by atomic mass is 10.2. The normalized spacial score (nSPS) is 16.9. The first-order valence-corrected chi connectivity index (χ1v) is 9.62. The molecule has 1 aliphatic heterocycles. The van der Waals surface area contributed by atoms with Gasteiger partial charge >= 0.3 is 6.03 Å². The van der Waals surface area contributed by atoms with E-state index in [-0.39, 0.29) is 12.1 Å². The van der Waals surface area contributed by atoms with Crippen molar-refractivity contribution in [2.24, 2.45) is 5.92 Å². The molecule has 1 atom stereocenters. The zero-order valence-corrected chi connectivity index (χ0v) is 16.1. The Morgan fingerprint density at radius 2 is 2.19 bits per heavy atom. The Hall–Kier alpha value is -2.41. The molecule has 1 saturated heterocycles. The van der Waals surface area contributed by atoms with Gasteiger partial charge in [0.05, 0.1) is 13.2 Å². The Labute approximate surface area is 160 Å². The van der Waals surface area contributed by atoms with Crippen LogP contribution in [0.4, 0.5) is 4.79 Å². The molecule has 0 aliphatic carbocycles. The quantitative estimate of drug-likeness (QED) is 0.719. The minimum Gasteiger partial charge on any atom is -0.376 e. The number of nitrogens with zero attached hydrogens (tertiary/aromatic N) is 3. The van der Waals surface area contributed by atoms with Crippen molar-refractivity contribution in [2.75, 3.05) is 19.7 Å². The average molecular weight is 372 g/mol. The number of nitrogens with one attached hydrogen (secondary N) is 1. The number of hydrogen-bond acceptors (Lipinski definition) is 5. The zero-order valence-electron chi connectivity index (χ0n) is 16.1. The average Bonchev–Trinajstić information content (AvgIpc) is 3.33. The Balaban J connectivity index is 1.48. The van der Waals surface area contributed by atoms with Gasteiger partial charge in [-0.05, 0) is 24.3 Å². The van der Waals surface area contributed by atoms with Crippen LogP contribution in [-0.2, 0) is 17.8 Å². The van der Waals surface area contributed by atoms with Gasteiger partial charge in [0.25, 0.3) is 0 Å². The van der Waals surface area contributed by atoms with E-state index < -0.39 is 0 Å². The molecule has 0 radical (unpaired) electrons. The number of hydrogen-bond donors (Lipinski definition) is 1. The van der Waals surface area contributed by atoms with E-state index in [4.69, 9.17) is 9.26 Å². The van der Waals surface area contributed by atoms with Crippen LogP contribution in [0.1, 0.15) is 50.0 Å². The van der Waals surface area contributed by atoms with Gasteiger partial charge in [-0.1, -0.05) is 49.3 Å². The summed E-state index contributed by atoms with van der Waals surface area (Å²) >= 11 is 0. The highest BCUT2D eigenvalue weighted by molar-refractivity contribution is 5.74. The number of rotatable bonds is 8. The third kappa shape index (κ3) is 5.53. The summed E-state index contributed by atoms with van der Waals surface area (Å²) in [6, 6.07) is 9.85. The van der Waals surface area contributed by atoms with Gasteiger partial charge in [-0.15, -0.1) is 0 Å². The molecule has 0 spiro atoms. The molecule has 3 rings (SSSR count). The highest BCUT2D eigenvalue weighted by atomic mass is 16.5. The molecule has 1 N–H and O–H groups in total. The third-order valence-electron chi connectivity index (χ3n) is 4.53. The molecule has 1 aromatic carbocycles. The summed E-state index contributed by atoms with van der Waals surface area (Å²) in [5, 5.41) is 7.01. The van der Waals surface area contributed by atoms with Crippen molar-refractivity contribution in [3.8, 4) is 0 Å². The number of carbonyl (C=O) groups excluding carboxylic acids is 1. The summed E-state index contributed by atoms with van der Waals surface area (Å²) < 4.78 is 11.1. The maximum absolute atomic E-state index is 12.4. The first kappa shape index (κ1) is 19.4. The van der Waals surface area contributed by atoms with Crippen molar-refractivity contribution in [3.05, 3.63) is 47.6 Å². The van der Waals surface area contributed by atoms with Crippen LogP contribution in [0.5, 0.6) is 0 Å². The summed E-state index contributed by atoms with van der Waals surface area (Å²) in [5.74, 6) is 1.55. The van der Waals surface area contributed by atoms with Gasteiger partial charge in [0, 0.05) is 19.5 Å². The van der Waals surface area contributed by atoms with Crippen molar-refractivity contribution in [1.82, 2.24) is 20.4 Å². The molecule has 7 nitrogen and oxygen atoms in total. The maximum Gasteiger partial charge on any atom is 0.318 e. The molecular formula is C20H28N4O3. The Morgan fingerprint density at radius 1 is 1.37 bits per heavy atom. The molecule has 1 aliphatic rings. The van der Waals surface area contributed by atoms with Crippen LogP contribution in [0.25, 0.3) is 0 Å². The van der Waals surface area contributed by atoms with E-state index in [1.165, 1.54) is 0 Å². The van der Waals surface area contributed by atoms with Crippen molar-refractivity contribution in [1.29, 1.82) is 0 Å². The van der Waals surface area contributed by atoms with Crippen LogP contribution >= 0.6 is 0 Å². The largest absolute Gasteiger partial charge is 0.376 e. The van der Waals surface area contributed by atoms with Gasteiger partial charge in [0.2, 0.25) is 5.89 Å². The van der Waals surface area contributed by atoms with Crippen molar-refractivity contribution >= 4 is 6.03 Å². The van der Waals surface area contributed by atoms with E-state index in [1.54, 1.807) is 4.90 Å². The van der Waals surface area contributed by atoms with E-state index >= 15 is 0 Å². The van der Waals surface area contributed by atoms with Gasteiger partial charge in [0.1, 0.15) is 6.04 Å². The molecule has 1 aromatic heterocycles. The van der Waals surface area contributed by atoms with E-state index in [1.807, 2.05) is 30.3 Å². The molecular weight excluding hydrogens is 344 g/mol. The highest BCUT2D eigenvalue weighted by Crippen LogP contribution is 2.30. The van der Waals surface area contributed by atoms with Crippen molar-refractivity contribution < 1.29 is 14.1 Å². The lowest BCUT2D eigenvalue weighted by Gasteiger charge is -2.22. The lowest BCUT2D eigenvalue weighted by molar-refractivity contribution is 0.122. The molecule has 7 heteroatoms. The molecule has 146 valence electrons. The number of ether oxygens (including phenoxy) is 1. The second-order valence-corrected chi connectivity index (χ2v) is 7.27. The van der Waals surface area contributed by atoms with Crippen LogP contribution in [0, 0.1) is 5.92 Å². The second kappa shape index (κ2) is 9.50. The highest BCUT2D eigenvalue weighted by Gasteiger charge is 2.34. The molecule has 2 heterocycles. The van der Waals surface area contributed by atoms with Gasteiger partial charge in [0.15, 0.2) is 5.82 Å². The van der Waals surface area contributed by atoms with E-state index in [2.05, 4.69) is 29.3 Å². The molecule has 0 saturated carbocycles. The predicted octanol–water partition coefficient (Wildman–Crippen LogP) is 3.33. The fourth-order valence-corrected chi connectivity index (χ4v) is 3.09.